The number of aliphatic hydroxyl groups is 1. The lowest BCUT2D eigenvalue weighted by atomic mass is 10.0. The van der Waals surface area contributed by atoms with Gasteiger partial charge in [0.1, 0.15) is 0 Å². The highest BCUT2D eigenvalue weighted by Gasteiger charge is 2.42. The molecule has 1 fully saturated rings. The predicted octanol–water partition coefficient (Wildman–Crippen LogP) is 1.08. The van der Waals surface area contributed by atoms with Crippen LogP contribution in [0.2, 0.25) is 0 Å². The molecule has 0 saturated carbocycles. The third kappa shape index (κ3) is 1.21. The van der Waals surface area contributed by atoms with Gasteiger partial charge < -0.3 is 10.0 Å². The molecule has 74 valence electrons. The zero-order valence-corrected chi connectivity index (χ0v) is 8.10. The highest BCUT2D eigenvalue weighted by Crippen LogP contribution is 2.35. The lowest BCUT2D eigenvalue weighted by molar-refractivity contribution is -0.142. The van der Waals surface area contributed by atoms with Crippen LogP contribution in [0.5, 0.6) is 0 Å². The molecule has 14 heavy (non-hydrogen) atoms. The van der Waals surface area contributed by atoms with E-state index in [-0.39, 0.29) is 5.91 Å². The molecule has 0 radical (unpaired) electrons. The van der Waals surface area contributed by atoms with Crippen LogP contribution in [-0.4, -0.2) is 23.0 Å². The Labute approximate surface area is 83.0 Å². The summed E-state index contributed by atoms with van der Waals surface area (Å²) in [5.41, 5.74) is -0.313. The van der Waals surface area contributed by atoms with Gasteiger partial charge in [-0.3, -0.25) is 4.79 Å². The molecule has 0 spiro atoms. The Morgan fingerprint density at radius 1 is 1.36 bits per heavy atom. The number of benzene rings is 1. The van der Waals surface area contributed by atoms with Crippen molar-refractivity contribution < 1.29 is 9.90 Å². The average Bonchev–Trinajstić information content (AvgIpc) is 2.49. The molecule has 3 heteroatoms. The molecule has 1 saturated heterocycles. The second kappa shape index (κ2) is 3.10. The zero-order chi connectivity index (χ0) is 10.2. The van der Waals surface area contributed by atoms with Gasteiger partial charge in [-0.1, -0.05) is 30.3 Å². The summed E-state index contributed by atoms with van der Waals surface area (Å²) in [5, 5.41) is 10.3. The van der Waals surface area contributed by atoms with Crippen molar-refractivity contribution in [3.05, 3.63) is 35.9 Å². The van der Waals surface area contributed by atoms with Crippen LogP contribution < -0.4 is 0 Å². The minimum Gasteiger partial charge on any atom is -0.367 e. The van der Waals surface area contributed by atoms with Crippen molar-refractivity contribution in [3.8, 4) is 0 Å². The number of hydrogen-bond acceptors (Lipinski definition) is 2. The summed E-state index contributed by atoms with van der Waals surface area (Å²) in [6, 6.07) is 9.31. The maximum absolute atomic E-state index is 11.3. The Morgan fingerprint density at radius 3 is 2.50 bits per heavy atom. The molecule has 3 nitrogen and oxygen atoms in total. The Hall–Kier alpha value is -1.35. The van der Waals surface area contributed by atoms with E-state index in [1.165, 1.54) is 4.90 Å². The van der Waals surface area contributed by atoms with Crippen LogP contribution in [0, 0.1) is 0 Å². The molecule has 0 bridgehead atoms. The molecule has 1 aromatic carbocycles. The van der Waals surface area contributed by atoms with Gasteiger partial charge in [-0.2, -0.15) is 0 Å². The van der Waals surface area contributed by atoms with Crippen LogP contribution in [-0.2, 0) is 10.5 Å². The van der Waals surface area contributed by atoms with Crippen molar-refractivity contribution in [1.29, 1.82) is 0 Å². The molecule has 1 N–H and O–H groups in total. The summed E-state index contributed by atoms with van der Waals surface area (Å²) in [6.07, 6.45) is 0.897. The third-order valence-electron chi connectivity index (χ3n) is 2.85. The van der Waals surface area contributed by atoms with E-state index in [0.29, 0.717) is 12.8 Å². The number of carbonyl (C=O) groups excluding carboxylic acids is 1. The van der Waals surface area contributed by atoms with Gasteiger partial charge in [0.15, 0.2) is 5.72 Å². The number of amides is 1. The molecular formula is C11H13NO2. The number of hydrogen-bond donors (Lipinski definition) is 1. The van der Waals surface area contributed by atoms with Crippen LogP contribution >= 0.6 is 0 Å². The Kier molecular flexibility index (Phi) is 2.04. The maximum atomic E-state index is 11.3. The average molecular weight is 191 g/mol. The zero-order valence-electron chi connectivity index (χ0n) is 8.10. The van der Waals surface area contributed by atoms with Crippen molar-refractivity contribution in [2.45, 2.75) is 18.6 Å². The quantitative estimate of drug-likeness (QED) is 0.721. The highest BCUT2D eigenvalue weighted by molar-refractivity contribution is 5.79. The molecule has 1 aromatic rings. The van der Waals surface area contributed by atoms with Gasteiger partial charge in [-0.05, 0) is 0 Å². The minimum atomic E-state index is -1.10. The van der Waals surface area contributed by atoms with Gasteiger partial charge >= 0.3 is 0 Å². The number of carbonyl (C=O) groups is 1. The number of nitrogens with zero attached hydrogens (tertiary/aromatic N) is 1. The summed E-state index contributed by atoms with van der Waals surface area (Å²) < 4.78 is 0. The molecule has 1 atom stereocenters. The summed E-state index contributed by atoms with van der Waals surface area (Å²) in [4.78, 5) is 12.7. The van der Waals surface area contributed by atoms with E-state index in [2.05, 4.69) is 0 Å². The first kappa shape index (κ1) is 9.21. The molecule has 2 rings (SSSR count). The smallest absolute Gasteiger partial charge is 0.225 e. The van der Waals surface area contributed by atoms with Gasteiger partial charge in [0.05, 0.1) is 0 Å². The van der Waals surface area contributed by atoms with Crippen molar-refractivity contribution in [3.63, 3.8) is 0 Å². The van der Waals surface area contributed by atoms with E-state index < -0.39 is 5.72 Å². The summed E-state index contributed by atoms with van der Waals surface area (Å²) in [7, 11) is 1.64. The van der Waals surface area contributed by atoms with Crippen LogP contribution in [0.15, 0.2) is 30.3 Å². The van der Waals surface area contributed by atoms with Crippen molar-refractivity contribution >= 4 is 5.91 Å². The second-order valence-corrected chi connectivity index (χ2v) is 3.64. The topological polar surface area (TPSA) is 40.5 Å². The molecule has 0 aromatic heterocycles. The normalized spacial score (nSPS) is 27.0. The van der Waals surface area contributed by atoms with Crippen molar-refractivity contribution in [1.82, 2.24) is 4.90 Å². The van der Waals surface area contributed by atoms with Crippen LogP contribution in [0.3, 0.4) is 0 Å². The van der Waals surface area contributed by atoms with E-state index in [9.17, 15) is 9.90 Å². The lowest BCUT2D eigenvalue weighted by Gasteiger charge is -2.30. The van der Waals surface area contributed by atoms with Crippen LogP contribution in [0.1, 0.15) is 18.4 Å². The maximum Gasteiger partial charge on any atom is 0.225 e. The van der Waals surface area contributed by atoms with E-state index >= 15 is 0 Å². The summed E-state index contributed by atoms with van der Waals surface area (Å²) in [6.45, 7) is 0. The van der Waals surface area contributed by atoms with Gasteiger partial charge in [0, 0.05) is 25.5 Å². The predicted molar refractivity (Wildman–Crippen MR) is 52.3 cm³/mol. The highest BCUT2D eigenvalue weighted by atomic mass is 16.3. The minimum absolute atomic E-state index is 0.00338. The fraction of sp³-hybridized carbons (Fsp3) is 0.364. The van der Waals surface area contributed by atoms with E-state index in [4.69, 9.17) is 0 Å². The molecule has 1 heterocycles. The van der Waals surface area contributed by atoms with Gasteiger partial charge in [0.25, 0.3) is 0 Å². The summed E-state index contributed by atoms with van der Waals surface area (Å²) >= 11 is 0. The molecule has 0 unspecified atom stereocenters. The Bertz CT molecular complexity index is 350. The first-order chi connectivity index (χ1) is 6.64. The van der Waals surface area contributed by atoms with Gasteiger partial charge in [-0.15, -0.1) is 0 Å². The molecule has 1 amide bonds. The molecular weight excluding hydrogens is 178 g/mol. The Morgan fingerprint density at radius 2 is 2.00 bits per heavy atom. The van der Waals surface area contributed by atoms with E-state index in [0.717, 1.165) is 5.56 Å². The molecule has 1 aliphatic rings. The second-order valence-electron chi connectivity index (χ2n) is 3.64. The third-order valence-corrected chi connectivity index (χ3v) is 2.85. The lowest BCUT2D eigenvalue weighted by Crippen LogP contribution is -2.40. The van der Waals surface area contributed by atoms with Gasteiger partial charge in [0.2, 0.25) is 5.91 Å². The van der Waals surface area contributed by atoms with Crippen LogP contribution in [0.4, 0.5) is 0 Å². The molecule has 1 aliphatic heterocycles. The first-order valence-corrected chi connectivity index (χ1v) is 4.69. The fourth-order valence-corrected chi connectivity index (χ4v) is 1.87. The first-order valence-electron chi connectivity index (χ1n) is 4.69. The van der Waals surface area contributed by atoms with Gasteiger partial charge in [-0.25, -0.2) is 0 Å². The van der Waals surface area contributed by atoms with E-state index in [1.807, 2.05) is 30.3 Å². The fourth-order valence-electron chi connectivity index (χ4n) is 1.87. The van der Waals surface area contributed by atoms with Crippen molar-refractivity contribution in [2.75, 3.05) is 7.05 Å². The Balaban J connectivity index is 2.39. The monoisotopic (exact) mass is 191 g/mol. The van der Waals surface area contributed by atoms with E-state index in [1.54, 1.807) is 7.05 Å². The largest absolute Gasteiger partial charge is 0.367 e. The standard InChI is InChI=1S/C11H13NO2/c1-12-10(13)7-8-11(12,14)9-5-3-2-4-6-9/h2-6,14H,7-8H2,1H3/t11-/m0/s1. The van der Waals surface area contributed by atoms with Crippen molar-refractivity contribution in [2.24, 2.45) is 0 Å². The number of likely N-dealkylation sites (tertiary alicyclic amines) is 1. The number of rotatable bonds is 1. The SMILES string of the molecule is CN1C(=O)CC[C@]1(O)c1ccccc1. The molecule has 0 aliphatic carbocycles. The summed E-state index contributed by atoms with van der Waals surface area (Å²) in [5.74, 6) is -0.00338. The van der Waals surface area contributed by atoms with Crippen LogP contribution in [0.25, 0.3) is 0 Å².